The Kier molecular flexibility index (Phi) is 3.30. The molecule has 19 heavy (non-hydrogen) atoms. The Hall–Kier alpha value is -1.57. The third kappa shape index (κ3) is 2.89. The molecule has 1 fully saturated rings. The maximum absolute atomic E-state index is 11.9. The smallest absolute Gasteiger partial charge is 0.408 e. The van der Waals surface area contributed by atoms with Gasteiger partial charge in [-0.25, -0.2) is 4.79 Å². The third-order valence-electron chi connectivity index (χ3n) is 2.63. The van der Waals surface area contributed by atoms with Gasteiger partial charge in [0.1, 0.15) is 24.7 Å². The van der Waals surface area contributed by atoms with Crippen LogP contribution in [-0.2, 0) is 22.1 Å². The van der Waals surface area contributed by atoms with E-state index in [0.717, 1.165) is 0 Å². The summed E-state index contributed by atoms with van der Waals surface area (Å²) in [7, 11) is 7.47. The molecule has 2 radical (unpaired) electrons. The van der Waals surface area contributed by atoms with Crippen molar-refractivity contribution >= 4 is 19.5 Å². The number of nitrogens with zero attached hydrogens (tertiary/aromatic N) is 3. The molecule has 0 saturated carbocycles. The minimum Gasteiger partial charge on any atom is -0.444 e. The third-order valence-corrected chi connectivity index (χ3v) is 2.63. The summed E-state index contributed by atoms with van der Waals surface area (Å²) in [6, 6.07) is 0. The largest absolute Gasteiger partial charge is 0.444 e. The number of aromatic nitrogens is 3. The van der Waals surface area contributed by atoms with Crippen molar-refractivity contribution in [2.75, 3.05) is 13.2 Å². The molecule has 1 N–H and O–H groups in total. The van der Waals surface area contributed by atoms with E-state index in [2.05, 4.69) is 15.5 Å². The molecule has 102 valence electrons. The number of aryl methyl sites for hydroxylation is 1. The molecule has 0 spiro atoms. The predicted octanol–water partition coefficient (Wildman–Crippen LogP) is -0.641. The highest BCUT2D eigenvalue weighted by atomic mass is 16.6. The lowest BCUT2D eigenvalue weighted by molar-refractivity contribution is -0.0815. The lowest BCUT2D eigenvalue weighted by Gasteiger charge is -2.41. The molecule has 7 nitrogen and oxygen atoms in total. The average Bonchev–Trinajstić information content (AvgIpc) is 2.49. The Morgan fingerprint density at radius 1 is 1.47 bits per heavy atom. The van der Waals surface area contributed by atoms with E-state index in [4.69, 9.17) is 17.3 Å². The van der Waals surface area contributed by atoms with Crippen molar-refractivity contribution in [3.63, 3.8) is 0 Å². The Labute approximate surface area is 113 Å². The number of ether oxygens (including phenoxy) is 2. The van der Waals surface area contributed by atoms with Gasteiger partial charge in [-0.1, -0.05) is 0 Å². The maximum Gasteiger partial charge on any atom is 0.408 e. The number of rotatable bonds is 2. The van der Waals surface area contributed by atoms with Gasteiger partial charge in [-0.05, 0) is 20.8 Å². The van der Waals surface area contributed by atoms with E-state index in [-0.39, 0.29) is 5.59 Å². The topological polar surface area (TPSA) is 78.3 Å². The van der Waals surface area contributed by atoms with Gasteiger partial charge in [0.2, 0.25) is 0 Å². The van der Waals surface area contributed by atoms with Gasteiger partial charge in [-0.3, -0.25) is 0 Å². The number of alkyl carbamates (subject to hydrolysis) is 1. The second kappa shape index (κ2) is 4.52. The number of carbonyl (C=O) groups excluding carboxylic acids is 1. The van der Waals surface area contributed by atoms with Crippen LogP contribution in [0.2, 0.25) is 0 Å². The molecule has 0 atom stereocenters. The van der Waals surface area contributed by atoms with E-state index < -0.39 is 17.2 Å². The molecule has 8 heteroatoms. The summed E-state index contributed by atoms with van der Waals surface area (Å²) in [6.45, 7) is 6.00. The first-order valence-corrected chi connectivity index (χ1v) is 5.98. The number of hydrogen-bond donors (Lipinski definition) is 1. The highest BCUT2D eigenvalue weighted by Crippen LogP contribution is 2.27. The van der Waals surface area contributed by atoms with Gasteiger partial charge >= 0.3 is 6.09 Å². The molecule has 1 aromatic heterocycles. The van der Waals surface area contributed by atoms with Gasteiger partial charge in [0.25, 0.3) is 0 Å². The van der Waals surface area contributed by atoms with E-state index in [1.165, 1.54) is 4.80 Å². The minimum atomic E-state index is -0.749. The second-order valence-electron chi connectivity index (χ2n) is 5.63. The Bertz CT molecular complexity index is 491. The fourth-order valence-corrected chi connectivity index (χ4v) is 1.84. The number of amides is 1. The van der Waals surface area contributed by atoms with Crippen LogP contribution in [0.4, 0.5) is 4.79 Å². The van der Waals surface area contributed by atoms with Crippen LogP contribution >= 0.6 is 0 Å². The maximum atomic E-state index is 11.9. The Morgan fingerprint density at radius 3 is 2.47 bits per heavy atom. The fourth-order valence-electron chi connectivity index (χ4n) is 1.84. The normalized spacial score (nSPS) is 17.7. The molecule has 0 aliphatic carbocycles. The van der Waals surface area contributed by atoms with Gasteiger partial charge in [0.15, 0.2) is 0 Å². The molecule has 0 aromatic carbocycles. The van der Waals surface area contributed by atoms with Crippen molar-refractivity contribution in [1.82, 2.24) is 20.3 Å². The van der Waals surface area contributed by atoms with E-state index in [0.29, 0.717) is 18.9 Å². The van der Waals surface area contributed by atoms with Gasteiger partial charge in [0, 0.05) is 12.6 Å². The highest BCUT2D eigenvalue weighted by molar-refractivity contribution is 6.31. The predicted molar refractivity (Wildman–Crippen MR) is 68.3 cm³/mol. The van der Waals surface area contributed by atoms with Crippen molar-refractivity contribution in [3.8, 4) is 0 Å². The van der Waals surface area contributed by atoms with Crippen molar-refractivity contribution in [3.05, 3.63) is 5.69 Å². The van der Waals surface area contributed by atoms with Crippen LogP contribution in [0.3, 0.4) is 0 Å². The Balaban J connectivity index is 2.16. The first-order valence-electron chi connectivity index (χ1n) is 5.98. The number of nitrogens with one attached hydrogen (secondary N) is 1. The van der Waals surface area contributed by atoms with Crippen molar-refractivity contribution < 1.29 is 14.3 Å². The molecule has 1 aliphatic heterocycles. The zero-order chi connectivity index (χ0) is 14.3. The molecule has 0 bridgehead atoms. The summed E-state index contributed by atoms with van der Waals surface area (Å²) in [5.41, 5.74) is -0.529. The molecular weight excluding hydrogens is 247 g/mol. The zero-order valence-electron chi connectivity index (χ0n) is 11.6. The first-order chi connectivity index (χ1) is 8.72. The number of carbonyl (C=O) groups is 1. The van der Waals surface area contributed by atoms with Crippen molar-refractivity contribution in [1.29, 1.82) is 0 Å². The standard InChI is InChI=1S/C11H17BN4O3/c1-10(2,3)19-9(17)13-11(5-18-6-11)7-8(12)15-16(4)14-7/h5-6H2,1-4H3,(H,13,17). The van der Waals surface area contributed by atoms with Crippen LogP contribution in [-0.4, -0.2) is 47.7 Å². The van der Waals surface area contributed by atoms with Crippen LogP contribution in [0, 0.1) is 0 Å². The summed E-state index contributed by atoms with van der Waals surface area (Å²) < 4.78 is 10.4. The van der Waals surface area contributed by atoms with Crippen LogP contribution in [0.5, 0.6) is 0 Å². The lowest BCUT2D eigenvalue weighted by Crippen LogP contribution is -2.61. The molecule has 1 aliphatic rings. The molecule has 2 heterocycles. The summed E-state index contributed by atoms with van der Waals surface area (Å²) in [5, 5.41) is 10.9. The fraction of sp³-hybridized carbons (Fsp3) is 0.727. The average molecular weight is 264 g/mol. The molecular formula is C11H17BN4O3. The molecule has 1 amide bonds. The number of hydrogen-bond acceptors (Lipinski definition) is 5. The monoisotopic (exact) mass is 264 g/mol. The van der Waals surface area contributed by atoms with Crippen molar-refractivity contribution in [2.45, 2.75) is 31.9 Å². The van der Waals surface area contributed by atoms with E-state index in [9.17, 15) is 4.79 Å². The Morgan fingerprint density at radius 2 is 2.11 bits per heavy atom. The van der Waals surface area contributed by atoms with Crippen LogP contribution in [0.15, 0.2) is 0 Å². The molecule has 1 saturated heterocycles. The van der Waals surface area contributed by atoms with Gasteiger partial charge in [-0.2, -0.15) is 15.0 Å². The van der Waals surface area contributed by atoms with Crippen LogP contribution in [0.1, 0.15) is 26.5 Å². The quantitative estimate of drug-likeness (QED) is 0.719. The van der Waals surface area contributed by atoms with Crippen LogP contribution < -0.4 is 10.9 Å². The second-order valence-corrected chi connectivity index (χ2v) is 5.63. The van der Waals surface area contributed by atoms with E-state index in [1.54, 1.807) is 27.8 Å². The van der Waals surface area contributed by atoms with Gasteiger partial charge < -0.3 is 14.8 Å². The van der Waals surface area contributed by atoms with E-state index >= 15 is 0 Å². The molecule has 1 aromatic rings. The van der Waals surface area contributed by atoms with Crippen LogP contribution in [0.25, 0.3) is 0 Å². The zero-order valence-corrected chi connectivity index (χ0v) is 11.6. The summed E-state index contributed by atoms with van der Waals surface area (Å²) in [4.78, 5) is 13.2. The summed E-state index contributed by atoms with van der Waals surface area (Å²) in [5.74, 6) is 0. The molecule has 2 rings (SSSR count). The lowest BCUT2D eigenvalue weighted by atomic mass is 9.86. The molecule has 0 unspecified atom stereocenters. The summed E-state index contributed by atoms with van der Waals surface area (Å²) in [6.07, 6.45) is -0.527. The van der Waals surface area contributed by atoms with Crippen molar-refractivity contribution in [2.24, 2.45) is 7.05 Å². The first kappa shape index (κ1) is 13.9. The summed E-state index contributed by atoms with van der Waals surface area (Å²) >= 11 is 0. The highest BCUT2D eigenvalue weighted by Gasteiger charge is 2.46. The van der Waals surface area contributed by atoms with Gasteiger partial charge in [0.05, 0.1) is 13.2 Å². The van der Waals surface area contributed by atoms with E-state index in [1.807, 2.05) is 0 Å². The van der Waals surface area contributed by atoms with Gasteiger partial charge in [-0.15, -0.1) is 0 Å². The SMILES string of the molecule is [B]c1nn(C)nc1C1(NC(=O)OC(C)(C)C)COC1. The minimum absolute atomic E-state index is 0.279.